The van der Waals surface area contributed by atoms with Crippen molar-refractivity contribution in [3.8, 4) is 5.69 Å². The van der Waals surface area contributed by atoms with Crippen molar-refractivity contribution in [1.82, 2.24) is 9.78 Å². The molecule has 0 bridgehead atoms. The van der Waals surface area contributed by atoms with Crippen LogP contribution in [0.15, 0.2) is 65.8 Å². The summed E-state index contributed by atoms with van der Waals surface area (Å²) in [5.74, 6) is 0. The highest BCUT2D eigenvalue weighted by molar-refractivity contribution is 7.92. The molecule has 0 saturated heterocycles. The normalized spacial score (nSPS) is 12.0. The quantitative estimate of drug-likeness (QED) is 0.509. The van der Waals surface area contributed by atoms with Gasteiger partial charge in [-0.1, -0.05) is 0 Å². The zero-order valence-electron chi connectivity index (χ0n) is 13.8. The summed E-state index contributed by atoms with van der Waals surface area (Å²) in [6, 6.07) is 8.00. The second-order valence-electron chi connectivity index (χ2n) is 5.54. The van der Waals surface area contributed by atoms with Gasteiger partial charge in [-0.05, 0) is 36.4 Å². The van der Waals surface area contributed by atoms with Crippen LogP contribution in [-0.2, 0) is 16.2 Å². The molecule has 146 valence electrons. The molecule has 0 atom stereocenters. The van der Waals surface area contributed by atoms with Crippen LogP contribution in [0.5, 0.6) is 0 Å². The number of sulfonamides is 1. The number of aromatic nitrogens is 2. The van der Waals surface area contributed by atoms with Gasteiger partial charge in [0.15, 0.2) is 0 Å². The van der Waals surface area contributed by atoms with Gasteiger partial charge in [-0.3, -0.25) is 14.8 Å². The number of nitrogens with one attached hydrogen (secondary N) is 1. The Hall–Kier alpha value is -3.41. The van der Waals surface area contributed by atoms with Gasteiger partial charge < -0.3 is 0 Å². The zero-order valence-corrected chi connectivity index (χ0v) is 14.6. The maximum Gasteiger partial charge on any atom is 0.416 e. The molecule has 3 rings (SSSR count). The number of nitro benzene ring substituents is 1. The third kappa shape index (κ3) is 3.96. The van der Waals surface area contributed by atoms with Gasteiger partial charge in [0, 0.05) is 24.5 Å². The monoisotopic (exact) mass is 412 g/mol. The van der Waals surface area contributed by atoms with Crippen molar-refractivity contribution >= 4 is 21.4 Å². The van der Waals surface area contributed by atoms with E-state index in [1.165, 1.54) is 23.1 Å². The van der Waals surface area contributed by atoms with Crippen molar-refractivity contribution in [3.05, 3.63) is 76.6 Å². The molecule has 0 amide bonds. The molecule has 1 heterocycles. The first-order valence-electron chi connectivity index (χ1n) is 7.56. The smallest absolute Gasteiger partial charge is 0.277 e. The highest BCUT2D eigenvalue weighted by Gasteiger charge is 2.32. The predicted molar refractivity (Wildman–Crippen MR) is 92.5 cm³/mol. The van der Waals surface area contributed by atoms with Crippen LogP contribution in [0.3, 0.4) is 0 Å². The van der Waals surface area contributed by atoms with Crippen LogP contribution >= 0.6 is 0 Å². The van der Waals surface area contributed by atoms with Crippen molar-refractivity contribution in [2.24, 2.45) is 0 Å². The van der Waals surface area contributed by atoms with Crippen molar-refractivity contribution in [2.45, 2.75) is 11.1 Å². The topological polar surface area (TPSA) is 107 Å². The first-order chi connectivity index (χ1) is 13.1. The maximum atomic E-state index is 13.1. The van der Waals surface area contributed by atoms with Crippen LogP contribution in [-0.4, -0.2) is 23.1 Å². The van der Waals surface area contributed by atoms with E-state index in [0.717, 1.165) is 36.4 Å². The van der Waals surface area contributed by atoms with Crippen LogP contribution in [0.4, 0.5) is 24.5 Å². The Morgan fingerprint density at radius 3 is 2.32 bits per heavy atom. The molecule has 0 radical (unpaired) electrons. The van der Waals surface area contributed by atoms with Crippen LogP contribution in [0.25, 0.3) is 5.69 Å². The van der Waals surface area contributed by atoms with E-state index in [1.54, 1.807) is 0 Å². The number of hydrogen-bond donors (Lipinski definition) is 1. The molecule has 1 aromatic heterocycles. The molecule has 3 aromatic rings. The number of hydrogen-bond acceptors (Lipinski definition) is 5. The lowest BCUT2D eigenvalue weighted by Gasteiger charge is -2.15. The number of alkyl halides is 3. The minimum absolute atomic E-state index is 0.0727. The van der Waals surface area contributed by atoms with E-state index in [2.05, 4.69) is 9.82 Å². The van der Waals surface area contributed by atoms with Crippen molar-refractivity contribution in [2.75, 3.05) is 4.72 Å². The maximum absolute atomic E-state index is 13.1. The molecule has 28 heavy (non-hydrogen) atoms. The Labute approximate surface area is 156 Å². The average molecular weight is 412 g/mol. The van der Waals surface area contributed by atoms with Gasteiger partial charge in [0.1, 0.15) is 0 Å². The number of nitrogens with zero attached hydrogens (tertiary/aromatic N) is 3. The summed E-state index contributed by atoms with van der Waals surface area (Å²) >= 11 is 0. The lowest BCUT2D eigenvalue weighted by molar-refractivity contribution is -0.384. The fourth-order valence-electron chi connectivity index (χ4n) is 2.36. The standard InChI is InChI=1S/C16H11F3N4O4S/c17-16(18,19)11-2-7-15(22-9-1-8-20-22)14(10-11)21-28(26,27)13-5-3-12(4-6-13)23(24)25/h1-10,21H. The first kappa shape index (κ1) is 19.4. The number of nitro groups is 1. The number of non-ortho nitro benzene ring substituents is 1. The van der Waals surface area contributed by atoms with Gasteiger partial charge in [-0.2, -0.15) is 18.3 Å². The summed E-state index contributed by atoms with van der Waals surface area (Å²) in [7, 11) is -4.31. The third-order valence-corrected chi connectivity index (χ3v) is 5.06. The Morgan fingerprint density at radius 1 is 1.11 bits per heavy atom. The molecule has 0 saturated carbocycles. The van der Waals surface area contributed by atoms with Gasteiger partial charge >= 0.3 is 6.18 Å². The molecule has 8 nitrogen and oxygen atoms in total. The molecule has 0 fully saturated rings. The van der Waals surface area contributed by atoms with Crippen molar-refractivity contribution < 1.29 is 26.5 Å². The zero-order chi connectivity index (χ0) is 20.5. The molecule has 0 unspecified atom stereocenters. The van der Waals surface area contributed by atoms with E-state index in [1.807, 2.05) is 0 Å². The second kappa shape index (κ2) is 6.96. The molecule has 0 aliphatic carbocycles. The SMILES string of the molecule is O=[N+]([O-])c1ccc(S(=O)(=O)Nc2cc(C(F)(F)F)ccc2-n2cccn2)cc1. The van der Waals surface area contributed by atoms with E-state index >= 15 is 0 Å². The summed E-state index contributed by atoms with van der Waals surface area (Å²) < 4.78 is 67.6. The summed E-state index contributed by atoms with van der Waals surface area (Å²) in [4.78, 5) is 9.64. The van der Waals surface area contributed by atoms with Crippen molar-refractivity contribution in [3.63, 3.8) is 0 Å². The minimum atomic E-state index is -4.68. The lowest BCUT2D eigenvalue weighted by atomic mass is 10.1. The van der Waals surface area contributed by atoms with Crippen LogP contribution < -0.4 is 4.72 Å². The largest absolute Gasteiger partial charge is 0.416 e. The van der Waals surface area contributed by atoms with Gasteiger partial charge in [0.25, 0.3) is 15.7 Å². The van der Waals surface area contributed by atoms with Crippen LogP contribution in [0, 0.1) is 10.1 Å². The highest BCUT2D eigenvalue weighted by atomic mass is 32.2. The summed E-state index contributed by atoms with van der Waals surface area (Å²) in [5, 5.41) is 14.6. The van der Waals surface area contributed by atoms with Gasteiger partial charge in [-0.25, -0.2) is 13.1 Å². The Kier molecular flexibility index (Phi) is 4.81. The molecular weight excluding hydrogens is 401 g/mol. The number of halogens is 3. The molecular formula is C16H11F3N4O4S. The van der Waals surface area contributed by atoms with Gasteiger partial charge in [0.2, 0.25) is 0 Å². The molecule has 2 aromatic carbocycles. The molecule has 0 aliphatic rings. The lowest BCUT2D eigenvalue weighted by Crippen LogP contribution is -2.16. The Bertz CT molecular complexity index is 1110. The Balaban J connectivity index is 2.05. The second-order valence-corrected chi connectivity index (χ2v) is 7.22. The van der Waals surface area contributed by atoms with Crippen LogP contribution in [0.2, 0.25) is 0 Å². The number of rotatable bonds is 5. The molecule has 12 heteroatoms. The van der Waals surface area contributed by atoms with Gasteiger partial charge in [-0.15, -0.1) is 0 Å². The summed E-state index contributed by atoms with van der Waals surface area (Å²) in [6.45, 7) is 0. The Morgan fingerprint density at radius 2 is 1.79 bits per heavy atom. The van der Waals surface area contributed by atoms with Crippen molar-refractivity contribution in [1.29, 1.82) is 0 Å². The van der Waals surface area contributed by atoms with Crippen LogP contribution in [0.1, 0.15) is 5.56 Å². The van der Waals surface area contributed by atoms with E-state index in [9.17, 15) is 31.7 Å². The molecule has 1 N–H and O–H groups in total. The first-order valence-corrected chi connectivity index (χ1v) is 9.05. The molecule has 0 spiro atoms. The summed E-state index contributed by atoms with van der Waals surface area (Å²) in [6.07, 6.45) is -1.87. The third-order valence-electron chi connectivity index (χ3n) is 3.68. The predicted octanol–water partition coefficient (Wildman–Crippen LogP) is 3.60. The van der Waals surface area contributed by atoms with E-state index < -0.39 is 26.7 Å². The van der Waals surface area contributed by atoms with E-state index in [4.69, 9.17) is 0 Å². The highest BCUT2D eigenvalue weighted by Crippen LogP contribution is 2.34. The fourth-order valence-corrected chi connectivity index (χ4v) is 3.42. The molecule has 0 aliphatic heterocycles. The number of anilines is 1. The summed E-state index contributed by atoms with van der Waals surface area (Å²) in [5.41, 5.74) is -1.65. The van der Waals surface area contributed by atoms with Gasteiger partial charge in [0.05, 0.1) is 26.8 Å². The average Bonchev–Trinajstić information content (AvgIpc) is 3.15. The number of benzene rings is 2. The van der Waals surface area contributed by atoms with E-state index in [0.29, 0.717) is 6.07 Å². The minimum Gasteiger partial charge on any atom is -0.277 e. The van der Waals surface area contributed by atoms with E-state index in [-0.39, 0.29) is 22.0 Å². The fraction of sp³-hybridized carbons (Fsp3) is 0.0625.